The number of aromatic nitrogens is 4. The first-order valence-corrected chi connectivity index (χ1v) is 10.7. The number of hydrogen-bond donors (Lipinski definition) is 2. The Morgan fingerprint density at radius 1 is 1.13 bits per heavy atom. The molecule has 14 heteroatoms. The summed E-state index contributed by atoms with van der Waals surface area (Å²) in [5, 5.41) is 9.65. The molecule has 3 rings (SSSR count). The molecular weight excluding hydrogens is 434 g/mol. The largest absolute Gasteiger partial charge is 0.369 e. The molecule has 30 heavy (non-hydrogen) atoms. The molecule has 1 aromatic carbocycles. The lowest BCUT2D eigenvalue weighted by Crippen LogP contribution is -2.44. The third kappa shape index (κ3) is 4.45. The van der Waals surface area contributed by atoms with E-state index in [0.29, 0.717) is 5.00 Å². The van der Waals surface area contributed by atoms with Gasteiger partial charge in [-0.25, -0.2) is 17.5 Å². The highest BCUT2D eigenvalue weighted by Crippen LogP contribution is 2.14. The fourth-order valence-corrected chi connectivity index (χ4v) is 3.90. The summed E-state index contributed by atoms with van der Waals surface area (Å²) in [6, 6.07) is 8.77. The minimum atomic E-state index is -3.71. The number of benzene rings is 1. The maximum atomic E-state index is 12.2. The predicted molar refractivity (Wildman–Crippen MR) is 106 cm³/mol. The summed E-state index contributed by atoms with van der Waals surface area (Å²) >= 11 is 1.28. The number of hydrogen-bond acceptors (Lipinski definition) is 8. The minimum Gasteiger partial charge on any atom is -0.271 e. The second-order valence-corrected chi connectivity index (χ2v) is 9.18. The molecule has 0 saturated heterocycles. The predicted octanol–water partition coefficient (Wildman–Crippen LogP) is -0.798. The maximum Gasteiger partial charge on any atom is 0.369 e. The normalized spacial score (nSPS) is 11.4. The molecule has 2 aromatic heterocycles. The van der Waals surface area contributed by atoms with Crippen molar-refractivity contribution in [1.82, 2.24) is 34.9 Å². The van der Waals surface area contributed by atoms with Crippen molar-refractivity contribution < 1.29 is 18.0 Å². The van der Waals surface area contributed by atoms with Gasteiger partial charge in [-0.2, -0.15) is 9.36 Å². The Morgan fingerprint density at radius 3 is 2.57 bits per heavy atom. The summed E-state index contributed by atoms with van der Waals surface area (Å²) in [6.07, 6.45) is 0. The van der Waals surface area contributed by atoms with E-state index in [1.165, 1.54) is 49.7 Å². The lowest BCUT2D eigenvalue weighted by Gasteiger charge is -2.12. The van der Waals surface area contributed by atoms with Gasteiger partial charge >= 0.3 is 5.69 Å². The van der Waals surface area contributed by atoms with Gasteiger partial charge in [0.1, 0.15) is 11.5 Å². The molecule has 2 heterocycles. The number of thiophene rings is 1. The van der Waals surface area contributed by atoms with E-state index < -0.39 is 34.1 Å². The van der Waals surface area contributed by atoms with Crippen LogP contribution in [0.5, 0.6) is 0 Å². The van der Waals surface area contributed by atoms with Crippen molar-refractivity contribution in [2.75, 3.05) is 14.1 Å². The van der Waals surface area contributed by atoms with E-state index in [2.05, 4.69) is 21.3 Å². The van der Waals surface area contributed by atoms with Gasteiger partial charge in [-0.05, 0) is 46.1 Å². The van der Waals surface area contributed by atoms with Crippen LogP contribution in [-0.4, -0.2) is 58.4 Å². The summed E-state index contributed by atoms with van der Waals surface area (Å²) in [6.45, 7) is -0.473. The van der Waals surface area contributed by atoms with Crippen LogP contribution in [0.1, 0.15) is 10.4 Å². The third-order valence-corrected chi connectivity index (χ3v) is 6.49. The van der Waals surface area contributed by atoms with Crippen LogP contribution in [0.25, 0.3) is 5.00 Å². The number of carbonyl (C=O) groups excluding carboxylic acids is 2. The fourth-order valence-electron chi connectivity index (χ4n) is 2.28. The number of rotatable bonds is 6. The van der Waals surface area contributed by atoms with E-state index in [-0.39, 0.29) is 10.5 Å². The first-order chi connectivity index (χ1) is 14.2. The topological polar surface area (TPSA) is 148 Å². The van der Waals surface area contributed by atoms with Crippen LogP contribution in [0.4, 0.5) is 0 Å². The number of sulfonamides is 1. The van der Waals surface area contributed by atoms with Crippen molar-refractivity contribution >= 4 is 33.2 Å². The molecule has 0 aliphatic heterocycles. The molecular formula is C16H17N7O5S2. The molecule has 0 fully saturated rings. The van der Waals surface area contributed by atoms with Crippen molar-refractivity contribution in [1.29, 1.82) is 0 Å². The number of carbonyl (C=O) groups is 2. The van der Waals surface area contributed by atoms with Crippen LogP contribution < -0.4 is 16.5 Å². The molecule has 3 aromatic rings. The van der Waals surface area contributed by atoms with Gasteiger partial charge in [0.15, 0.2) is 0 Å². The second kappa shape index (κ2) is 8.56. The Hall–Kier alpha value is -3.36. The maximum absolute atomic E-state index is 12.2. The van der Waals surface area contributed by atoms with Crippen molar-refractivity contribution in [2.45, 2.75) is 11.4 Å². The number of tetrazole rings is 1. The quantitative estimate of drug-likeness (QED) is 0.466. The summed E-state index contributed by atoms with van der Waals surface area (Å²) in [5.74, 6) is -1.45. The van der Waals surface area contributed by atoms with Crippen LogP contribution in [0.3, 0.4) is 0 Å². The Balaban J connectivity index is 1.63. The van der Waals surface area contributed by atoms with E-state index >= 15 is 0 Å². The van der Waals surface area contributed by atoms with Crippen LogP contribution in [-0.2, 0) is 21.4 Å². The highest BCUT2D eigenvalue weighted by molar-refractivity contribution is 7.89. The zero-order chi connectivity index (χ0) is 21.9. The van der Waals surface area contributed by atoms with Crippen molar-refractivity contribution in [2.24, 2.45) is 0 Å². The zero-order valence-electron chi connectivity index (χ0n) is 15.8. The zero-order valence-corrected chi connectivity index (χ0v) is 17.5. The smallest absolute Gasteiger partial charge is 0.271 e. The molecule has 158 valence electrons. The van der Waals surface area contributed by atoms with Crippen molar-refractivity contribution in [3.05, 3.63) is 57.8 Å². The standard InChI is InChI=1S/C16H17N7O5S2/c1-21(2)30(27,28)12-6-3-5-11(9-12)15(25)18-17-13(24)10-22-16(26)23(20-19-22)14-7-4-8-29-14/h3-9H,10H2,1-2H3,(H,17,24)(H,18,25). The van der Waals surface area contributed by atoms with Crippen LogP contribution in [0, 0.1) is 0 Å². The number of amides is 2. The Labute approximate surface area is 174 Å². The van der Waals surface area contributed by atoms with Gasteiger partial charge in [-0.1, -0.05) is 6.07 Å². The van der Waals surface area contributed by atoms with E-state index in [1.54, 1.807) is 17.5 Å². The summed E-state index contributed by atoms with van der Waals surface area (Å²) in [4.78, 5) is 36.5. The number of nitrogens with one attached hydrogen (secondary N) is 2. The first kappa shape index (κ1) is 21.4. The Kier molecular flexibility index (Phi) is 6.09. The van der Waals surface area contributed by atoms with Gasteiger partial charge < -0.3 is 0 Å². The van der Waals surface area contributed by atoms with E-state index in [0.717, 1.165) is 13.7 Å². The summed E-state index contributed by atoms with van der Waals surface area (Å²) < 4.78 is 27.3. The average Bonchev–Trinajstić information content (AvgIpc) is 3.36. The van der Waals surface area contributed by atoms with Crippen LogP contribution in [0.2, 0.25) is 0 Å². The molecule has 12 nitrogen and oxygen atoms in total. The van der Waals surface area contributed by atoms with Gasteiger partial charge in [0, 0.05) is 19.7 Å². The number of nitrogens with zero attached hydrogens (tertiary/aromatic N) is 5. The Bertz CT molecular complexity index is 1230. The summed E-state index contributed by atoms with van der Waals surface area (Å²) in [5.41, 5.74) is 3.73. The fraction of sp³-hybridized carbons (Fsp3) is 0.188. The molecule has 0 aliphatic rings. The van der Waals surface area contributed by atoms with Gasteiger partial charge in [0.25, 0.3) is 11.8 Å². The SMILES string of the molecule is CN(C)S(=O)(=O)c1cccc(C(=O)NNC(=O)Cn2nnn(-c3cccs3)c2=O)c1. The monoisotopic (exact) mass is 451 g/mol. The number of hydrazine groups is 1. The molecule has 0 radical (unpaired) electrons. The van der Waals surface area contributed by atoms with Gasteiger partial charge in [0.05, 0.1) is 4.90 Å². The lowest BCUT2D eigenvalue weighted by atomic mass is 10.2. The van der Waals surface area contributed by atoms with Crippen LogP contribution >= 0.6 is 11.3 Å². The minimum absolute atomic E-state index is 0.0269. The van der Waals surface area contributed by atoms with Crippen molar-refractivity contribution in [3.63, 3.8) is 0 Å². The van der Waals surface area contributed by atoms with Crippen LogP contribution in [0.15, 0.2) is 51.5 Å². The molecule has 2 N–H and O–H groups in total. The molecule has 0 saturated carbocycles. The second-order valence-electron chi connectivity index (χ2n) is 6.10. The first-order valence-electron chi connectivity index (χ1n) is 8.38. The third-order valence-electron chi connectivity index (χ3n) is 3.84. The highest BCUT2D eigenvalue weighted by atomic mass is 32.2. The van der Waals surface area contributed by atoms with Crippen molar-refractivity contribution in [3.8, 4) is 5.00 Å². The molecule has 0 unspecified atom stereocenters. The van der Waals surface area contributed by atoms with E-state index in [1.807, 2.05) is 0 Å². The van der Waals surface area contributed by atoms with Gasteiger partial charge in [-0.15, -0.1) is 11.3 Å². The van der Waals surface area contributed by atoms with Gasteiger partial charge in [-0.3, -0.25) is 20.4 Å². The molecule has 2 amide bonds. The molecule has 0 aliphatic carbocycles. The molecule has 0 spiro atoms. The summed E-state index contributed by atoms with van der Waals surface area (Å²) in [7, 11) is -0.967. The van der Waals surface area contributed by atoms with E-state index in [4.69, 9.17) is 0 Å². The molecule has 0 bridgehead atoms. The Morgan fingerprint density at radius 2 is 1.90 bits per heavy atom. The highest BCUT2D eigenvalue weighted by Gasteiger charge is 2.19. The molecule has 0 atom stereocenters. The lowest BCUT2D eigenvalue weighted by molar-refractivity contribution is -0.122. The van der Waals surface area contributed by atoms with Gasteiger partial charge in [0.2, 0.25) is 10.0 Å². The van der Waals surface area contributed by atoms with E-state index in [9.17, 15) is 22.8 Å². The average molecular weight is 451 g/mol.